The average molecular weight is 265 g/mol. The van der Waals surface area contributed by atoms with Crippen LogP contribution in [0, 0.1) is 0 Å². The minimum absolute atomic E-state index is 0.0535. The van der Waals surface area contributed by atoms with E-state index in [-0.39, 0.29) is 12.5 Å². The van der Waals surface area contributed by atoms with Crippen LogP contribution >= 0.6 is 0 Å². The van der Waals surface area contributed by atoms with Crippen LogP contribution in [-0.2, 0) is 4.79 Å². The Hall–Kier alpha value is -2.08. The fourth-order valence-corrected chi connectivity index (χ4v) is 1.38. The Balaban J connectivity index is 2.28. The van der Waals surface area contributed by atoms with E-state index >= 15 is 0 Å². The lowest BCUT2D eigenvalue weighted by Gasteiger charge is -2.08. The molecule has 4 N–H and O–H groups in total. The number of likely N-dealkylation sites (N-methyl/N-ethyl adjacent to an activating group) is 1. The molecule has 0 fully saturated rings. The molecule has 0 aromatic heterocycles. The molecule has 1 aromatic rings. The van der Waals surface area contributed by atoms with Crippen LogP contribution in [0.3, 0.4) is 0 Å². The van der Waals surface area contributed by atoms with Crippen molar-refractivity contribution in [1.29, 1.82) is 0 Å². The third-order valence-corrected chi connectivity index (χ3v) is 2.38. The van der Waals surface area contributed by atoms with Crippen LogP contribution in [0.5, 0.6) is 5.75 Å². The lowest BCUT2D eigenvalue weighted by molar-refractivity contribution is -0.123. The third kappa shape index (κ3) is 5.87. The zero-order valence-electron chi connectivity index (χ0n) is 10.9. The molecule has 0 spiro atoms. The van der Waals surface area contributed by atoms with Gasteiger partial charge in [0.15, 0.2) is 6.61 Å². The first-order valence-corrected chi connectivity index (χ1v) is 6.13. The molecule has 0 radical (unpaired) electrons. The first kappa shape index (κ1) is 15.0. The van der Waals surface area contributed by atoms with Crippen molar-refractivity contribution in [1.82, 2.24) is 10.6 Å². The van der Waals surface area contributed by atoms with E-state index in [2.05, 4.69) is 10.6 Å². The molecular weight excluding hydrogens is 246 g/mol. The molecule has 1 aromatic carbocycles. The summed E-state index contributed by atoms with van der Waals surface area (Å²) < 4.78 is 5.27. The maximum absolute atomic E-state index is 11.4. The number of amides is 2. The SMILES string of the molecule is CCNCCNC(=O)COc1ccc(C(N)=O)cc1. The number of ether oxygens (including phenoxy) is 1. The van der Waals surface area contributed by atoms with E-state index < -0.39 is 5.91 Å². The van der Waals surface area contributed by atoms with Crippen LogP contribution in [0.2, 0.25) is 0 Å². The number of hydrogen-bond acceptors (Lipinski definition) is 4. The molecular formula is C13H19N3O3. The van der Waals surface area contributed by atoms with Gasteiger partial charge in [0.2, 0.25) is 5.91 Å². The third-order valence-electron chi connectivity index (χ3n) is 2.38. The monoisotopic (exact) mass is 265 g/mol. The molecule has 6 nitrogen and oxygen atoms in total. The van der Waals surface area contributed by atoms with Gasteiger partial charge in [-0.05, 0) is 30.8 Å². The number of carbonyl (C=O) groups is 2. The summed E-state index contributed by atoms with van der Waals surface area (Å²) in [6.45, 7) is 4.12. The van der Waals surface area contributed by atoms with Crippen molar-refractivity contribution in [2.75, 3.05) is 26.2 Å². The number of nitrogens with one attached hydrogen (secondary N) is 2. The molecule has 0 saturated heterocycles. The Morgan fingerprint density at radius 1 is 1.21 bits per heavy atom. The second-order valence-electron chi connectivity index (χ2n) is 3.88. The lowest BCUT2D eigenvalue weighted by Crippen LogP contribution is -2.34. The Labute approximate surface area is 112 Å². The zero-order valence-corrected chi connectivity index (χ0v) is 10.9. The summed E-state index contributed by atoms with van der Waals surface area (Å²) in [6.07, 6.45) is 0. The predicted octanol–water partition coefficient (Wildman–Crippen LogP) is -0.110. The van der Waals surface area contributed by atoms with Gasteiger partial charge < -0.3 is 21.1 Å². The Kier molecular flexibility index (Phi) is 6.38. The quantitative estimate of drug-likeness (QED) is 0.572. The topological polar surface area (TPSA) is 93.4 Å². The number of rotatable bonds is 8. The van der Waals surface area contributed by atoms with E-state index in [4.69, 9.17) is 10.5 Å². The highest BCUT2D eigenvalue weighted by Gasteiger charge is 2.03. The largest absolute Gasteiger partial charge is 0.484 e. The van der Waals surface area contributed by atoms with Gasteiger partial charge in [-0.2, -0.15) is 0 Å². The molecule has 1 rings (SSSR count). The molecule has 2 amide bonds. The molecule has 0 aliphatic rings. The number of benzene rings is 1. The maximum atomic E-state index is 11.4. The molecule has 0 heterocycles. The van der Waals surface area contributed by atoms with Gasteiger partial charge in [-0.25, -0.2) is 0 Å². The Bertz CT molecular complexity index is 418. The van der Waals surface area contributed by atoms with Crippen molar-refractivity contribution in [3.05, 3.63) is 29.8 Å². The van der Waals surface area contributed by atoms with Crippen LogP contribution in [-0.4, -0.2) is 38.1 Å². The molecule has 0 aliphatic carbocycles. The molecule has 0 unspecified atom stereocenters. The second kappa shape index (κ2) is 8.10. The molecule has 104 valence electrons. The maximum Gasteiger partial charge on any atom is 0.257 e. The van der Waals surface area contributed by atoms with Gasteiger partial charge in [0.25, 0.3) is 5.91 Å². The Morgan fingerprint density at radius 3 is 2.47 bits per heavy atom. The summed E-state index contributed by atoms with van der Waals surface area (Å²) >= 11 is 0. The fraction of sp³-hybridized carbons (Fsp3) is 0.385. The highest BCUT2D eigenvalue weighted by Crippen LogP contribution is 2.11. The highest BCUT2D eigenvalue weighted by molar-refractivity contribution is 5.92. The highest BCUT2D eigenvalue weighted by atomic mass is 16.5. The number of nitrogens with two attached hydrogens (primary N) is 1. The van der Waals surface area contributed by atoms with Crippen LogP contribution in [0.1, 0.15) is 17.3 Å². The first-order valence-electron chi connectivity index (χ1n) is 6.13. The molecule has 6 heteroatoms. The summed E-state index contributed by atoms with van der Waals surface area (Å²) in [4.78, 5) is 22.3. The number of primary amides is 1. The second-order valence-corrected chi connectivity index (χ2v) is 3.88. The van der Waals surface area contributed by atoms with Gasteiger partial charge in [-0.15, -0.1) is 0 Å². The summed E-state index contributed by atoms with van der Waals surface area (Å²) in [6, 6.07) is 6.32. The van der Waals surface area contributed by atoms with E-state index in [1.807, 2.05) is 6.92 Å². The molecule has 0 atom stereocenters. The standard InChI is InChI=1S/C13H19N3O3/c1-2-15-7-8-16-12(17)9-19-11-5-3-10(4-6-11)13(14)18/h3-6,15H,2,7-9H2,1H3,(H2,14,18)(H,16,17). The lowest BCUT2D eigenvalue weighted by atomic mass is 10.2. The summed E-state index contributed by atoms with van der Waals surface area (Å²) in [5.41, 5.74) is 5.52. The van der Waals surface area contributed by atoms with E-state index in [1.54, 1.807) is 24.3 Å². The van der Waals surface area contributed by atoms with Crippen molar-refractivity contribution >= 4 is 11.8 Å². The normalized spacial score (nSPS) is 9.95. The average Bonchev–Trinajstić information content (AvgIpc) is 2.42. The van der Waals surface area contributed by atoms with Crippen LogP contribution < -0.4 is 21.1 Å². The summed E-state index contributed by atoms with van der Waals surface area (Å²) in [5.74, 6) is -0.156. The van der Waals surface area contributed by atoms with Crippen LogP contribution in [0.25, 0.3) is 0 Å². The molecule has 19 heavy (non-hydrogen) atoms. The van der Waals surface area contributed by atoms with Gasteiger partial charge in [0.05, 0.1) is 0 Å². The van der Waals surface area contributed by atoms with E-state index in [0.29, 0.717) is 17.9 Å². The van der Waals surface area contributed by atoms with E-state index in [9.17, 15) is 9.59 Å². The van der Waals surface area contributed by atoms with E-state index in [1.165, 1.54) is 0 Å². The Morgan fingerprint density at radius 2 is 1.89 bits per heavy atom. The summed E-state index contributed by atoms with van der Waals surface area (Å²) in [5, 5.41) is 5.81. The predicted molar refractivity (Wildman–Crippen MR) is 72.0 cm³/mol. The van der Waals surface area contributed by atoms with Gasteiger partial charge >= 0.3 is 0 Å². The van der Waals surface area contributed by atoms with Gasteiger partial charge in [0.1, 0.15) is 5.75 Å². The van der Waals surface area contributed by atoms with Crippen molar-refractivity contribution in [2.24, 2.45) is 5.73 Å². The zero-order chi connectivity index (χ0) is 14.1. The molecule has 0 bridgehead atoms. The number of carbonyl (C=O) groups excluding carboxylic acids is 2. The van der Waals surface area contributed by atoms with Crippen molar-refractivity contribution in [2.45, 2.75) is 6.92 Å². The number of hydrogen-bond donors (Lipinski definition) is 3. The van der Waals surface area contributed by atoms with E-state index in [0.717, 1.165) is 13.1 Å². The minimum Gasteiger partial charge on any atom is -0.484 e. The van der Waals surface area contributed by atoms with Gasteiger partial charge in [-0.1, -0.05) is 6.92 Å². The minimum atomic E-state index is -0.493. The van der Waals surface area contributed by atoms with Gasteiger partial charge in [0, 0.05) is 18.7 Å². The fourth-order valence-electron chi connectivity index (χ4n) is 1.38. The molecule has 0 saturated carbocycles. The smallest absolute Gasteiger partial charge is 0.257 e. The van der Waals surface area contributed by atoms with Crippen molar-refractivity contribution in [3.63, 3.8) is 0 Å². The van der Waals surface area contributed by atoms with Crippen molar-refractivity contribution in [3.8, 4) is 5.75 Å². The van der Waals surface area contributed by atoms with Crippen LogP contribution in [0.4, 0.5) is 0 Å². The summed E-state index contributed by atoms with van der Waals surface area (Å²) in [7, 11) is 0. The van der Waals surface area contributed by atoms with Gasteiger partial charge in [-0.3, -0.25) is 9.59 Å². The molecule has 0 aliphatic heterocycles. The van der Waals surface area contributed by atoms with Crippen molar-refractivity contribution < 1.29 is 14.3 Å². The first-order chi connectivity index (χ1) is 9.13. The van der Waals surface area contributed by atoms with Crippen LogP contribution in [0.15, 0.2) is 24.3 Å².